The summed E-state index contributed by atoms with van der Waals surface area (Å²) in [6, 6.07) is 22.5. The van der Waals surface area contributed by atoms with Crippen LogP contribution < -0.4 is 21.3 Å². The maximum Gasteiger partial charge on any atom is 0.323 e. The van der Waals surface area contributed by atoms with Crippen LogP contribution in [0.15, 0.2) is 78.9 Å². The Labute approximate surface area is 187 Å². The van der Waals surface area contributed by atoms with Gasteiger partial charge >= 0.3 is 6.03 Å². The van der Waals surface area contributed by atoms with Gasteiger partial charge < -0.3 is 21.3 Å². The van der Waals surface area contributed by atoms with Crippen molar-refractivity contribution in [3.8, 4) is 0 Å². The summed E-state index contributed by atoms with van der Waals surface area (Å²) in [6.45, 7) is 3.64. The first-order valence-electron chi connectivity index (χ1n) is 10.3. The van der Waals surface area contributed by atoms with E-state index in [1.165, 1.54) is 0 Å². The lowest BCUT2D eigenvalue weighted by molar-refractivity contribution is -0.116. The molecule has 0 bridgehead atoms. The van der Waals surface area contributed by atoms with Gasteiger partial charge in [0.1, 0.15) is 0 Å². The van der Waals surface area contributed by atoms with Crippen molar-refractivity contribution in [3.05, 3.63) is 90.0 Å². The number of carbonyl (C=O) groups is 3. The fourth-order valence-corrected chi connectivity index (χ4v) is 3.08. The van der Waals surface area contributed by atoms with Gasteiger partial charge in [-0.2, -0.15) is 0 Å². The second-order valence-corrected chi connectivity index (χ2v) is 7.47. The summed E-state index contributed by atoms with van der Waals surface area (Å²) in [6.07, 6.45) is 0.115. The highest BCUT2D eigenvalue weighted by molar-refractivity contribution is 6.01. The van der Waals surface area contributed by atoms with Crippen LogP contribution in [0.4, 0.5) is 21.9 Å². The summed E-state index contributed by atoms with van der Waals surface area (Å²) in [5.74, 6) is -0.461. The molecule has 164 valence electrons. The maximum atomic E-state index is 12.5. The molecule has 32 heavy (non-hydrogen) atoms. The van der Waals surface area contributed by atoms with Crippen LogP contribution in [0.1, 0.15) is 29.3 Å². The van der Waals surface area contributed by atoms with Crippen molar-refractivity contribution in [2.75, 3.05) is 16.0 Å². The van der Waals surface area contributed by atoms with Crippen molar-refractivity contribution in [3.63, 3.8) is 0 Å². The number of hydrogen-bond donors (Lipinski definition) is 4. The number of benzene rings is 3. The lowest BCUT2D eigenvalue weighted by Crippen LogP contribution is -2.35. The first-order chi connectivity index (χ1) is 15.4. The summed E-state index contributed by atoms with van der Waals surface area (Å²) in [7, 11) is 0. The van der Waals surface area contributed by atoms with E-state index in [0.717, 1.165) is 5.56 Å². The largest absolute Gasteiger partial charge is 0.349 e. The van der Waals surface area contributed by atoms with E-state index in [-0.39, 0.29) is 30.3 Å². The molecule has 3 rings (SSSR count). The van der Waals surface area contributed by atoms with Crippen molar-refractivity contribution in [1.29, 1.82) is 0 Å². The van der Waals surface area contributed by atoms with Crippen LogP contribution in [-0.4, -0.2) is 23.9 Å². The van der Waals surface area contributed by atoms with E-state index in [1.54, 1.807) is 55.5 Å². The van der Waals surface area contributed by atoms with E-state index in [9.17, 15) is 14.4 Å². The SMILES string of the molecule is Cc1ccc(NC(=O)Nc2ccccc2)cc1NC(=O)CC(C)NC(=O)c1ccccc1. The smallest absolute Gasteiger partial charge is 0.323 e. The molecule has 0 aliphatic heterocycles. The molecule has 1 atom stereocenters. The van der Waals surface area contributed by atoms with Gasteiger partial charge in [0.25, 0.3) is 5.91 Å². The van der Waals surface area contributed by atoms with Gasteiger partial charge in [-0.25, -0.2) is 4.79 Å². The highest BCUT2D eigenvalue weighted by Crippen LogP contribution is 2.21. The Bertz CT molecular complexity index is 1080. The minimum absolute atomic E-state index is 0.115. The predicted octanol–water partition coefficient (Wildman–Crippen LogP) is 4.79. The first-order valence-corrected chi connectivity index (χ1v) is 10.3. The molecule has 0 saturated heterocycles. The minimum Gasteiger partial charge on any atom is -0.349 e. The molecule has 1 unspecified atom stereocenters. The number of amides is 4. The van der Waals surface area contributed by atoms with Gasteiger partial charge in [-0.15, -0.1) is 0 Å². The van der Waals surface area contributed by atoms with Crippen molar-refractivity contribution < 1.29 is 14.4 Å². The molecule has 0 aliphatic rings. The quantitative estimate of drug-likeness (QED) is 0.434. The van der Waals surface area contributed by atoms with Crippen LogP contribution in [0.2, 0.25) is 0 Å². The van der Waals surface area contributed by atoms with Gasteiger partial charge in [-0.3, -0.25) is 9.59 Å². The molecule has 4 N–H and O–H groups in total. The molecule has 4 amide bonds. The average Bonchev–Trinajstić information content (AvgIpc) is 2.77. The Morgan fingerprint density at radius 1 is 0.781 bits per heavy atom. The van der Waals surface area contributed by atoms with Gasteiger partial charge in [0, 0.05) is 35.1 Å². The number of hydrogen-bond acceptors (Lipinski definition) is 3. The number of urea groups is 1. The van der Waals surface area contributed by atoms with Crippen LogP contribution in [0.25, 0.3) is 0 Å². The maximum absolute atomic E-state index is 12.5. The highest BCUT2D eigenvalue weighted by atomic mass is 16.2. The number of rotatable bonds is 7. The average molecular weight is 431 g/mol. The monoisotopic (exact) mass is 430 g/mol. The number of anilines is 3. The van der Waals surface area contributed by atoms with Crippen LogP contribution >= 0.6 is 0 Å². The number of carbonyl (C=O) groups excluding carboxylic acids is 3. The van der Waals surface area contributed by atoms with Gasteiger partial charge in [0.15, 0.2) is 0 Å². The molecule has 0 fully saturated rings. The van der Waals surface area contributed by atoms with Crippen LogP contribution in [0, 0.1) is 6.92 Å². The van der Waals surface area contributed by atoms with E-state index in [4.69, 9.17) is 0 Å². The molecule has 0 heterocycles. The third-order valence-electron chi connectivity index (χ3n) is 4.71. The Hall–Kier alpha value is -4.13. The van der Waals surface area contributed by atoms with E-state index in [2.05, 4.69) is 21.3 Å². The predicted molar refractivity (Wildman–Crippen MR) is 127 cm³/mol. The molecule has 3 aromatic carbocycles. The summed E-state index contributed by atoms with van der Waals surface area (Å²) in [5, 5.41) is 11.2. The van der Waals surface area contributed by atoms with Crippen LogP contribution in [0.5, 0.6) is 0 Å². The topological polar surface area (TPSA) is 99.3 Å². The fourth-order valence-electron chi connectivity index (χ4n) is 3.08. The van der Waals surface area contributed by atoms with E-state index < -0.39 is 0 Å². The zero-order valence-corrected chi connectivity index (χ0v) is 18.0. The van der Waals surface area contributed by atoms with Crippen molar-refractivity contribution in [1.82, 2.24) is 5.32 Å². The third kappa shape index (κ3) is 6.70. The van der Waals surface area contributed by atoms with Crippen molar-refractivity contribution >= 4 is 34.9 Å². The second-order valence-electron chi connectivity index (χ2n) is 7.47. The standard InChI is InChI=1S/C25H26N4O3/c1-17-13-14-21(28-25(32)27-20-11-7-4-8-12-20)16-22(17)29-23(30)15-18(2)26-24(31)19-9-5-3-6-10-19/h3-14,16,18H,15H2,1-2H3,(H,26,31)(H,29,30)(H2,27,28,32). The lowest BCUT2D eigenvalue weighted by Gasteiger charge is -2.15. The van der Waals surface area contributed by atoms with E-state index in [0.29, 0.717) is 22.6 Å². The van der Waals surface area contributed by atoms with Crippen LogP contribution in [-0.2, 0) is 4.79 Å². The van der Waals surface area contributed by atoms with Gasteiger partial charge in [-0.1, -0.05) is 42.5 Å². The molecule has 0 spiro atoms. The summed E-state index contributed by atoms with van der Waals surface area (Å²) >= 11 is 0. The lowest BCUT2D eigenvalue weighted by atomic mass is 10.1. The molecule has 0 aromatic heterocycles. The van der Waals surface area contributed by atoms with Gasteiger partial charge in [0.2, 0.25) is 5.91 Å². The molecule has 0 saturated carbocycles. The van der Waals surface area contributed by atoms with Crippen molar-refractivity contribution in [2.24, 2.45) is 0 Å². The van der Waals surface area contributed by atoms with E-state index in [1.807, 2.05) is 37.3 Å². The third-order valence-corrected chi connectivity index (χ3v) is 4.71. The Morgan fingerprint density at radius 2 is 1.41 bits per heavy atom. The summed E-state index contributed by atoms with van der Waals surface area (Å²) < 4.78 is 0. The molecular weight excluding hydrogens is 404 g/mol. The van der Waals surface area contributed by atoms with E-state index >= 15 is 0 Å². The normalized spacial score (nSPS) is 11.2. The van der Waals surface area contributed by atoms with Gasteiger partial charge in [0.05, 0.1) is 0 Å². The molecule has 0 aliphatic carbocycles. The fraction of sp³-hybridized carbons (Fsp3) is 0.160. The molecule has 7 nitrogen and oxygen atoms in total. The number of nitrogens with one attached hydrogen (secondary N) is 4. The minimum atomic E-state index is -0.380. The summed E-state index contributed by atoms with van der Waals surface area (Å²) in [4.78, 5) is 37.0. The highest BCUT2D eigenvalue weighted by Gasteiger charge is 2.14. The first kappa shape index (κ1) is 22.6. The zero-order chi connectivity index (χ0) is 22.9. The number of para-hydroxylation sites is 1. The number of aryl methyl sites for hydroxylation is 1. The Balaban J connectivity index is 1.55. The molecular formula is C25H26N4O3. The zero-order valence-electron chi connectivity index (χ0n) is 18.0. The van der Waals surface area contributed by atoms with Crippen molar-refractivity contribution in [2.45, 2.75) is 26.3 Å². The van der Waals surface area contributed by atoms with Crippen LogP contribution in [0.3, 0.4) is 0 Å². The molecule has 0 radical (unpaired) electrons. The Kier molecular flexibility index (Phi) is 7.59. The second kappa shape index (κ2) is 10.8. The van der Waals surface area contributed by atoms with Gasteiger partial charge in [-0.05, 0) is 55.8 Å². The molecule has 7 heteroatoms. The summed E-state index contributed by atoms with van der Waals surface area (Å²) in [5.41, 5.74) is 3.22. The molecule has 3 aromatic rings. The Morgan fingerprint density at radius 3 is 2.09 bits per heavy atom.